The molecule has 0 saturated heterocycles. The Morgan fingerprint density at radius 3 is 2.90 bits per heavy atom. The smallest absolute Gasteiger partial charge is 0.320 e. The molecule has 112 valence electrons. The molecule has 0 bridgehead atoms. The third kappa shape index (κ3) is 3.79. The van der Waals surface area contributed by atoms with Crippen LogP contribution in [0.25, 0.3) is 5.69 Å². The van der Waals surface area contributed by atoms with Crippen LogP contribution in [0.2, 0.25) is 0 Å². The highest BCUT2D eigenvalue weighted by atomic mass is 19.1. The van der Waals surface area contributed by atoms with Crippen molar-refractivity contribution in [3.63, 3.8) is 0 Å². The summed E-state index contributed by atoms with van der Waals surface area (Å²) in [7, 11) is 0. The van der Waals surface area contributed by atoms with Crippen molar-refractivity contribution in [3.8, 4) is 5.69 Å². The first kappa shape index (κ1) is 15.0. The summed E-state index contributed by atoms with van der Waals surface area (Å²) in [6.07, 6.45) is 0. The standard InChI is InChI=1S/C14H17FN4O2/c1-9(8-20)16-14(21)17-13-6-10(2)19(18-13)12-5-3-4-11(15)7-12/h3-7,9,20H,8H2,1-2H3,(H2,16,17,18,21). The van der Waals surface area contributed by atoms with Gasteiger partial charge in [-0.1, -0.05) is 6.07 Å². The van der Waals surface area contributed by atoms with E-state index in [1.807, 2.05) is 0 Å². The summed E-state index contributed by atoms with van der Waals surface area (Å²) in [5, 5.41) is 18.2. The van der Waals surface area contributed by atoms with Gasteiger partial charge in [-0.25, -0.2) is 13.9 Å². The van der Waals surface area contributed by atoms with E-state index in [1.54, 1.807) is 32.0 Å². The Morgan fingerprint density at radius 2 is 2.24 bits per heavy atom. The largest absolute Gasteiger partial charge is 0.394 e. The minimum atomic E-state index is -0.458. The molecule has 7 heteroatoms. The van der Waals surface area contributed by atoms with Crippen LogP contribution >= 0.6 is 0 Å². The zero-order chi connectivity index (χ0) is 15.4. The van der Waals surface area contributed by atoms with Crippen LogP contribution in [-0.4, -0.2) is 33.6 Å². The molecule has 0 spiro atoms. The zero-order valence-electron chi connectivity index (χ0n) is 11.8. The zero-order valence-corrected chi connectivity index (χ0v) is 11.8. The lowest BCUT2D eigenvalue weighted by atomic mass is 10.3. The van der Waals surface area contributed by atoms with Gasteiger partial charge in [0.05, 0.1) is 18.3 Å². The minimum Gasteiger partial charge on any atom is -0.394 e. The number of anilines is 1. The Bertz CT molecular complexity index is 642. The predicted molar refractivity (Wildman–Crippen MR) is 77.0 cm³/mol. The van der Waals surface area contributed by atoms with Gasteiger partial charge in [0, 0.05) is 11.8 Å². The van der Waals surface area contributed by atoms with Gasteiger partial charge < -0.3 is 10.4 Å². The van der Waals surface area contributed by atoms with Gasteiger partial charge in [-0.2, -0.15) is 0 Å². The van der Waals surface area contributed by atoms with Crippen LogP contribution < -0.4 is 10.6 Å². The van der Waals surface area contributed by atoms with Gasteiger partial charge in [0.15, 0.2) is 5.82 Å². The van der Waals surface area contributed by atoms with E-state index in [1.165, 1.54) is 16.8 Å². The van der Waals surface area contributed by atoms with Crippen LogP contribution in [0.3, 0.4) is 0 Å². The Balaban J connectivity index is 2.14. The number of carbonyl (C=O) groups excluding carboxylic acids is 1. The number of urea groups is 1. The normalized spacial score (nSPS) is 12.0. The van der Waals surface area contributed by atoms with Crippen LogP contribution in [0.15, 0.2) is 30.3 Å². The molecule has 0 aliphatic rings. The van der Waals surface area contributed by atoms with Gasteiger partial charge in [0.1, 0.15) is 5.82 Å². The minimum absolute atomic E-state index is 0.149. The van der Waals surface area contributed by atoms with Crippen LogP contribution in [0.4, 0.5) is 15.0 Å². The van der Waals surface area contributed by atoms with E-state index >= 15 is 0 Å². The average Bonchev–Trinajstić information content (AvgIpc) is 2.79. The van der Waals surface area contributed by atoms with Crippen molar-refractivity contribution in [2.75, 3.05) is 11.9 Å². The van der Waals surface area contributed by atoms with Gasteiger partial charge in [-0.05, 0) is 32.0 Å². The summed E-state index contributed by atoms with van der Waals surface area (Å²) < 4.78 is 14.8. The number of rotatable bonds is 4. The van der Waals surface area contributed by atoms with Gasteiger partial charge in [0.25, 0.3) is 0 Å². The molecule has 2 aromatic rings. The lowest BCUT2D eigenvalue weighted by molar-refractivity contribution is 0.229. The maximum absolute atomic E-state index is 13.2. The fourth-order valence-corrected chi connectivity index (χ4v) is 1.83. The molecule has 0 aliphatic carbocycles. The molecule has 2 rings (SSSR count). The lowest BCUT2D eigenvalue weighted by Crippen LogP contribution is -2.38. The van der Waals surface area contributed by atoms with E-state index in [0.29, 0.717) is 11.5 Å². The molecule has 1 atom stereocenters. The van der Waals surface area contributed by atoms with Crippen molar-refractivity contribution < 1.29 is 14.3 Å². The quantitative estimate of drug-likeness (QED) is 0.804. The van der Waals surface area contributed by atoms with E-state index < -0.39 is 6.03 Å². The molecule has 0 radical (unpaired) electrons. The molecule has 21 heavy (non-hydrogen) atoms. The van der Waals surface area contributed by atoms with Crippen molar-refractivity contribution in [2.45, 2.75) is 19.9 Å². The lowest BCUT2D eigenvalue weighted by Gasteiger charge is -2.10. The second kappa shape index (κ2) is 6.36. The van der Waals surface area contributed by atoms with E-state index in [2.05, 4.69) is 15.7 Å². The van der Waals surface area contributed by atoms with Gasteiger partial charge in [0.2, 0.25) is 0 Å². The summed E-state index contributed by atoms with van der Waals surface area (Å²) in [5.41, 5.74) is 1.33. The third-order valence-corrected chi connectivity index (χ3v) is 2.83. The number of aliphatic hydroxyl groups is 1. The van der Waals surface area contributed by atoms with Crippen LogP contribution in [0.1, 0.15) is 12.6 Å². The number of benzene rings is 1. The number of carbonyl (C=O) groups is 1. The number of aryl methyl sites for hydroxylation is 1. The third-order valence-electron chi connectivity index (χ3n) is 2.83. The SMILES string of the molecule is Cc1cc(NC(=O)NC(C)CO)nn1-c1cccc(F)c1. The second-order valence-electron chi connectivity index (χ2n) is 4.74. The van der Waals surface area contributed by atoms with E-state index in [-0.39, 0.29) is 18.5 Å². The van der Waals surface area contributed by atoms with Gasteiger partial charge in [-0.15, -0.1) is 5.10 Å². The fourth-order valence-electron chi connectivity index (χ4n) is 1.83. The Hall–Kier alpha value is -2.41. The van der Waals surface area contributed by atoms with Crippen molar-refractivity contribution in [3.05, 3.63) is 41.8 Å². The van der Waals surface area contributed by atoms with E-state index in [0.717, 1.165) is 5.69 Å². The number of aliphatic hydroxyl groups excluding tert-OH is 1. The summed E-state index contributed by atoms with van der Waals surface area (Å²) in [6, 6.07) is 6.89. The average molecular weight is 292 g/mol. The number of aromatic nitrogens is 2. The number of halogens is 1. The van der Waals surface area contributed by atoms with Crippen molar-refractivity contribution in [1.82, 2.24) is 15.1 Å². The van der Waals surface area contributed by atoms with Crippen molar-refractivity contribution >= 4 is 11.8 Å². The summed E-state index contributed by atoms with van der Waals surface area (Å²) in [5.74, 6) is -0.00850. The monoisotopic (exact) mass is 292 g/mol. The molecular formula is C14H17FN4O2. The van der Waals surface area contributed by atoms with Crippen LogP contribution in [0.5, 0.6) is 0 Å². The molecule has 1 unspecified atom stereocenters. The number of nitrogens with zero attached hydrogens (tertiary/aromatic N) is 2. The topological polar surface area (TPSA) is 79.2 Å². The first-order chi connectivity index (χ1) is 9.99. The highest BCUT2D eigenvalue weighted by Gasteiger charge is 2.11. The molecule has 0 fully saturated rings. The Labute approximate surface area is 121 Å². The summed E-state index contributed by atoms with van der Waals surface area (Å²) in [4.78, 5) is 11.7. The highest BCUT2D eigenvalue weighted by Crippen LogP contribution is 2.15. The molecule has 2 amide bonds. The molecule has 1 aromatic heterocycles. The maximum atomic E-state index is 13.2. The Morgan fingerprint density at radius 1 is 1.48 bits per heavy atom. The molecular weight excluding hydrogens is 275 g/mol. The number of amides is 2. The Kier molecular flexibility index (Phi) is 4.54. The van der Waals surface area contributed by atoms with Gasteiger partial charge in [-0.3, -0.25) is 5.32 Å². The number of hydrogen-bond acceptors (Lipinski definition) is 3. The summed E-state index contributed by atoms with van der Waals surface area (Å²) >= 11 is 0. The first-order valence-corrected chi connectivity index (χ1v) is 6.50. The van der Waals surface area contributed by atoms with E-state index in [4.69, 9.17) is 5.11 Å². The second-order valence-corrected chi connectivity index (χ2v) is 4.74. The molecule has 0 aliphatic heterocycles. The highest BCUT2D eigenvalue weighted by molar-refractivity contribution is 5.88. The van der Waals surface area contributed by atoms with Crippen molar-refractivity contribution in [1.29, 1.82) is 0 Å². The van der Waals surface area contributed by atoms with Crippen LogP contribution in [0, 0.1) is 12.7 Å². The molecule has 1 heterocycles. The molecule has 1 aromatic carbocycles. The van der Waals surface area contributed by atoms with Gasteiger partial charge >= 0.3 is 6.03 Å². The first-order valence-electron chi connectivity index (χ1n) is 6.50. The van der Waals surface area contributed by atoms with Crippen molar-refractivity contribution in [2.24, 2.45) is 0 Å². The molecule has 3 N–H and O–H groups in total. The number of hydrogen-bond donors (Lipinski definition) is 3. The summed E-state index contributed by atoms with van der Waals surface area (Å²) in [6.45, 7) is 3.33. The van der Waals surface area contributed by atoms with E-state index in [9.17, 15) is 9.18 Å². The maximum Gasteiger partial charge on any atom is 0.320 e. The predicted octanol–water partition coefficient (Wildman–Crippen LogP) is 1.82. The molecule has 0 saturated carbocycles. The number of nitrogens with one attached hydrogen (secondary N) is 2. The van der Waals surface area contributed by atoms with Crippen LogP contribution in [-0.2, 0) is 0 Å². The molecule has 6 nitrogen and oxygen atoms in total. The fraction of sp³-hybridized carbons (Fsp3) is 0.286.